The van der Waals surface area contributed by atoms with Crippen LogP contribution in [0.4, 0.5) is 0 Å². The first-order valence-electron chi connectivity index (χ1n) is 11.6. The molecule has 1 saturated heterocycles. The Kier molecular flexibility index (Phi) is 5.34. The number of fused-ring (bicyclic) bond motifs is 2. The number of primary amides is 1. The minimum atomic E-state index is -0.494. The number of aromatic nitrogens is 2. The summed E-state index contributed by atoms with van der Waals surface area (Å²) in [7, 11) is 0. The van der Waals surface area contributed by atoms with E-state index in [4.69, 9.17) is 22.3 Å². The first kappa shape index (κ1) is 22.2. The van der Waals surface area contributed by atoms with Crippen molar-refractivity contribution in [2.75, 3.05) is 0 Å². The lowest BCUT2D eigenvalue weighted by atomic mass is 10.0. The van der Waals surface area contributed by atoms with Crippen molar-refractivity contribution in [3.63, 3.8) is 0 Å². The van der Waals surface area contributed by atoms with Gasteiger partial charge in [-0.15, -0.1) is 11.3 Å². The standard InChI is InChI=1S/C27H23ClN4O2S/c1-14-30-24(25(35-14)16-5-2-6-18(28)10-16)27(34)32-20(11-17-12-22(17)32)13-19-9-8-15-4-3-7-21(26(29)33)23(15)31-19/h2-10,17,20,22H,11-13H2,1H3,(H2,29,33)/t17-,20+,22+/m1/s1. The maximum atomic E-state index is 13.9. The van der Waals surface area contributed by atoms with Gasteiger partial charge in [0.25, 0.3) is 11.8 Å². The van der Waals surface area contributed by atoms with Crippen LogP contribution in [0.5, 0.6) is 0 Å². The number of pyridine rings is 1. The second-order valence-corrected chi connectivity index (χ2v) is 11.0. The third-order valence-electron chi connectivity index (χ3n) is 6.96. The van der Waals surface area contributed by atoms with Crippen molar-refractivity contribution >= 4 is 45.7 Å². The Balaban J connectivity index is 1.32. The van der Waals surface area contributed by atoms with E-state index < -0.39 is 5.91 Å². The molecule has 0 unspecified atom stereocenters. The summed E-state index contributed by atoms with van der Waals surface area (Å²) in [5.41, 5.74) is 8.84. The molecule has 1 aliphatic heterocycles. The highest BCUT2D eigenvalue weighted by Gasteiger charge is 2.54. The van der Waals surface area contributed by atoms with Crippen molar-refractivity contribution in [2.24, 2.45) is 11.7 Å². The molecule has 2 aromatic carbocycles. The van der Waals surface area contributed by atoms with Gasteiger partial charge in [-0.2, -0.15) is 0 Å². The molecule has 2 aliphatic rings. The molecule has 1 aliphatic carbocycles. The number of piperidine rings is 1. The molecular formula is C27H23ClN4O2S. The quantitative estimate of drug-likeness (QED) is 0.403. The SMILES string of the molecule is Cc1nc(C(=O)N2[C@H](Cc3ccc4cccc(C(N)=O)c4n3)C[C@@H]3C[C@@H]32)c(-c2cccc(Cl)c2)s1. The maximum absolute atomic E-state index is 13.9. The van der Waals surface area contributed by atoms with Crippen molar-refractivity contribution in [1.82, 2.24) is 14.9 Å². The monoisotopic (exact) mass is 502 g/mol. The molecule has 1 saturated carbocycles. The number of thiazole rings is 1. The molecular weight excluding hydrogens is 480 g/mol. The van der Waals surface area contributed by atoms with Gasteiger partial charge in [-0.1, -0.05) is 41.9 Å². The number of halogens is 1. The van der Waals surface area contributed by atoms with Gasteiger partial charge in [0, 0.05) is 34.6 Å². The van der Waals surface area contributed by atoms with Gasteiger partial charge in [0.15, 0.2) is 0 Å². The van der Waals surface area contributed by atoms with E-state index in [1.807, 2.05) is 60.4 Å². The topological polar surface area (TPSA) is 89.2 Å². The van der Waals surface area contributed by atoms with E-state index in [2.05, 4.69) is 4.98 Å². The highest BCUT2D eigenvalue weighted by molar-refractivity contribution is 7.15. The molecule has 0 radical (unpaired) electrons. The summed E-state index contributed by atoms with van der Waals surface area (Å²) in [5, 5.41) is 2.35. The Morgan fingerprint density at radius 1 is 1.11 bits per heavy atom. The van der Waals surface area contributed by atoms with Crippen LogP contribution in [0.1, 0.15) is 44.4 Å². The molecule has 6 nitrogen and oxygen atoms in total. The fourth-order valence-electron chi connectivity index (χ4n) is 5.32. The van der Waals surface area contributed by atoms with Gasteiger partial charge in [-0.05, 0) is 55.5 Å². The van der Waals surface area contributed by atoms with Crippen molar-refractivity contribution in [3.8, 4) is 10.4 Å². The lowest BCUT2D eigenvalue weighted by Crippen LogP contribution is -2.40. The van der Waals surface area contributed by atoms with Crippen molar-refractivity contribution in [2.45, 2.75) is 38.3 Å². The maximum Gasteiger partial charge on any atom is 0.274 e. The number of aryl methyl sites for hydroxylation is 1. The molecule has 0 spiro atoms. The average molecular weight is 503 g/mol. The van der Waals surface area contributed by atoms with Crippen LogP contribution in [0, 0.1) is 12.8 Å². The van der Waals surface area contributed by atoms with Crippen molar-refractivity contribution in [1.29, 1.82) is 0 Å². The van der Waals surface area contributed by atoms with Crippen LogP contribution >= 0.6 is 22.9 Å². The summed E-state index contributed by atoms with van der Waals surface area (Å²) in [6.45, 7) is 1.92. The minimum absolute atomic E-state index is 0.0297. The zero-order valence-corrected chi connectivity index (χ0v) is 20.6. The Labute approximate surface area is 211 Å². The van der Waals surface area contributed by atoms with E-state index in [-0.39, 0.29) is 18.0 Å². The lowest BCUT2D eigenvalue weighted by Gasteiger charge is -2.27. The van der Waals surface area contributed by atoms with Gasteiger partial charge in [0.1, 0.15) is 5.69 Å². The molecule has 8 heteroatoms. The Morgan fingerprint density at radius 2 is 1.94 bits per heavy atom. The van der Waals surface area contributed by atoms with Gasteiger partial charge >= 0.3 is 0 Å². The Bertz CT molecular complexity index is 1500. The van der Waals surface area contributed by atoms with Crippen LogP contribution in [0.3, 0.4) is 0 Å². The van der Waals surface area contributed by atoms with Crippen LogP contribution in [0.15, 0.2) is 54.6 Å². The molecule has 3 heterocycles. The van der Waals surface area contributed by atoms with E-state index in [1.54, 1.807) is 6.07 Å². The third-order valence-corrected chi connectivity index (χ3v) is 8.21. The predicted octanol–water partition coefficient (Wildman–Crippen LogP) is 5.26. The van der Waals surface area contributed by atoms with Crippen LogP contribution in [0.2, 0.25) is 5.02 Å². The molecule has 2 aromatic heterocycles. The number of benzene rings is 2. The fourth-order valence-corrected chi connectivity index (χ4v) is 6.42. The van der Waals surface area contributed by atoms with Gasteiger partial charge in [0.2, 0.25) is 0 Å². The molecule has 2 fully saturated rings. The first-order chi connectivity index (χ1) is 16.9. The number of carbonyl (C=O) groups is 2. The number of para-hydroxylation sites is 1. The van der Waals surface area contributed by atoms with E-state index >= 15 is 0 Å². The molecule has 2 amide bonds. The highest BCUT2D eigenvalue weighted by Crippen LogP contribution is 2.49. The van der Waals surface area contributed by atoms with E-state index in [1.165, 1.54) is 11.3 Å². The molecule has 176 valence electrons. The molecule has 6 rings (SSSR count). The third kappa shape index (κ3) is 3.98. The van der Waals surface area contributed by atoms with Crippen LogP contribution in [-0.2, 0) is 6.42 Å². The number of likely N-dealkylation sites (tertiary alicyclic amines) is 1. The minimum Gasteiger partial charge on any atom is -0.366 e. The number of nitrogens with two attached hydrogens (primary N) is 1. The lowest BCUT2D eigenvalue weighted by molar-refractivity contribution is 0.0694. The normalized spacial score (nSPS) is 20.7. The van der Waals surface area contributed by atoms with Gasteiger partial charge in [0.05, 0.1) is 21.0 Å². The number of rotatable bonds is 5. The number of carbonyl (C=O) groups excluding carboxylic acids is 2. The molecule has 35 heavy (non-hydrogen) atoms. The summed E-state index contributed by atoms with van der Waals surface area (Å²) in [6.07, 6.45) is 2.61. The molecule has 0 bridgehead atoms. The molecule has 4 aromatic rings. The molecule has 3 atom stereocenters. The molecule has 2 N–H and O–H groups in total. The Hall–Kier alpha value is -3.29. The zero-order valence-electron chi connectivity index (χ0n) is 19.1. The second kappa shape index (κ2) is 8.43. The van der Waals surface area contributed by atoms with E-state index in [0.29, 0.717) is 34.1 Å². The van der Waals surface area contributed by atoms with E-state index in [9.17, 15) is 9.59 Å². The van der Waals surface area contributed by atoms with Crippen LogP contribution in [-0.4, -0.2) is 38.8 Å². The number of amides is 2. The zero-order chi connectivity index (χ0) is 24.3. The summed E-state index contributed by atoms with van der Waals surface area (Å²) < 4.78 is 0. The average Bonchev–Trinajstić information content (AvgIpc) is 3.32. The summed E-state index contributed by atoms with van der Waals surface area (Å²) >= 11 is 7.74. The Morgan fingerprint density at radius 3 is 2.74 bits per heavy atom. The van der Waals surface area contributed by atoms with E-state index in [0.717, 1.165) is 39.4 Å². The largest absolute Gasteiger partial charge is 0.366 e. The van der Waals surface area contributed by atoms with Crippen molar-refractivity contribution in [3.05, 3.63) is 81.6 Å². The second-order valence-electron chi connectivity index (χ2n) is 9.33. The summed E-state index contributed by atoms with van der Waals surface area (Å²) in [6, 6.07) is 17.2. The highest BCUT2D eigenvalue weighted by atomic mass is 35.5. The smallest absolute Gasteiger partial charge is 0.274 e. The predicted molar refractivity (Wildman–Crippen MR) is 138 cm³/mol. The van der Waals surface area contributed by atoms with Crippen LogP contribution < -0.4 is 5.73 Å². The number of hydrogen-bond acceptors (Lipinski definition) is 5. The summed E-state index contributed by atoms with van der Waals surface area (Å²) in [4.78, 5) is 38.1. The van der Waals surface area contributed by atoms with Gasteiger partial charge in [-0.25, -0.2) is 4.98 Å². The number of nitrogens with zero attached hydrogens (tertiary/aromatic N) is 3. The van der Waals surface area contributed by atoms with Crippen molar-refractivity contribution < 1.29 is 9.59 Å². The van der Waals surface area contributed by atoms with Gasteiger partial charge < -0.3 is 10.6 Å². The van der Waals surface area contributed by atoms with Gasteiger partial charge in [-0.3, -0.25) is 14.6 Å². The number of hydrogen-bond donors (Lipinski definition) is 1. The van der Waals surface area contributed by atoms with Crippen LogP contribution in [0.25, 0.3) is 21.3 Å². The first-order valence-corrected chi connectivity index (χ1v) is 12.8. The summed E-state index contributed by atoms with van der Waals surface area (Å²) in [5.74, 6) is 0.00416. The fraction of sp³-hybridized carbons (Fsp3) is 0.259.